The van der Waals surface area contributed by atoms with Gasteiger partial charge in [0.2, 0.25) is 5.91 Å². The Kier molecular flexibility index (Phi) is 4.98. The number of amides is 3. The summed E-state index contributed by atoms with van der Waals surface area (Å²) in [5.41, 5.74) is 2.45. The summed E-state index contributed by atoms with van der Waals surface area (Å²) in [5.74, 6) is 0.555. The van der Waals surface area contributed by atoms with Crippen LogP contribution in [0, 0.1) is 0 Å². The predicted molar refractivity (Wildman–Crippen MR) is 92.3 cm³/mol. The van der Waals surface area contributed by atoms with E-state index >= 15 is 0 Å². The molecule has 0 spiro atoms. The molecular weight excluding hydrogens is 308 g/mol. The van der Waals surface area contributed by atoms with Gasteiger partial charge >= 0.3 is 6.03 Å². The highest BCUT2D eigenvalue weighted by Crippen LogP contribution is 2.35. The Balaban J connectivity index is 1.70. The normalized spacial score (nSPS) is 14.4. The van der Waals surface area contributed by atoms with Crippen molar-refractivity contribution in [1.29, 1.82) is 0 Å². The van der Waals surface area contributed by atoms with E-state index in [-0.39, 0.29) is 23.7 Å². The average molecular weight is 326 g/mol. The van der Waals surface area contributed by atoms with Gasteiger partial charge in [0.15, 0.2) is 0 Å². The van der Waals surface area contributed by atoms with E-state index in [0.29, 0.717) is 12.3 Å². The van der Waals surface area contributed by atoms with Crippen LogP contribution in [0.1, 0.15) is 16.4 Å². The Hall–Kier alpha value is -2.27. The summed E-state index contributed by atoms with van der Waals surface area (Å²) in [7, 11) is 0. The molecule has 5 heteroatoms. The van der Waals surface area contributed by atoms with E-state index in [0.717, 1.165) is 0 Å². The first-order valence-corrected chi connectivity index (χ1v) is 8.60. The molecule has 0 radical (unpaired) electrons. The molecule has 1 heterocycles. The van der Waals surface area contributed by atoms with E-state index in [1.807, 2.05) is 36.4 Å². The van der Waals surface area contributed by atoms with Gasteiger partial charge in [-0.15, -0.1) is 11.8 Å². The van der Waals surface area contributed by atoms with Crippen molar-refractivity contribution < 1.29 is 9.59 Å². The number of benzene rings is 2. The fraction of sp³-hybridized carbons (Fsp3) is 0.222. The molecule has 1 saturated heterocycles. The van der Waals surface area contributed by atoms with Crippen LogP contribution >= 0.6 is 11.8 Å². The second-order valence-corrected chi connectivity index (χ2v) is 6.49. The molecule has 0 aliphatic carbocycles. The van der Waals surface area contributed by atoms with Crippen molar-refractivity contribution in [3.63, 3.8) is 0 Å². The minimum absolute atomic E-state index is 0.115. The summed E-state index contributed by atoms with van der Waals surface area (Å²) in [6.07, 6.45) is 0. The molecule has 3 amide bonds. The van der Waals surface area contributed by atoms with Gasteiger partial charge in [-0.25, -0.2) is 4.79 Å². The third-order valence-electron chi connectivity index (χ3n) is 3.74. The van der Waals surface area contributed by atoms with E-state index in [1.54, 1.807) is 11.8 Å². The second-order valence-electron chi connectivity index (χ2n) is 5.28. The maximum atomic E-state index is 11.6. The van der Waals surface area contributed by atoms with Crippen molar-refractivity contribution in [2.75, 3.05) is 18.8 Å². The highest BCUT2D eigenvalue weighted by atomic mass is 32.2. The topological polar surface area (TPSA) is 49.4 Å². The third-order valence-corrected chi connectivity index (χ3v) is 5.04. The number of hydrogen-bond acceptors (Lipinski definition) is 3. The molecule has 118 valence electrons. The van der Waals surface area contributed by atoms with Gasteiger partial charge in [0.25, 0.3) is 0 Å². The fourth-order valence-corrected chi connectivity index (χ4v) is 3.81. The van der Waals surface area contributed by atoms with Crippen LogP contribution in [0.5, 0.6) is 0 Å². The highest BCUT2D eigenvalue weighted by molar-refractivity contribution is 7.99. The summed E-state index contributed by atoms with van der Waals surface area (Å²) in [6.45, 7) is 0.551. The van der Waals surface area contributed by atoms with Crippen LogP contribution in [0.15, 0.2) is 60.7 Å². The van der Waals surface area contributed by atoms with Crippen molar-refractivity contribution in [2.45, 2.75) is 5.25 Å². The number of urea groups is 1. The van der Waals surface area contributed by atoms with Crippen LogP contribution in [0.2, 0.25) is 0 Å². The summed E-state index contributed by atoms with van der Waals surface area (Å²) >= 11 is 1.74. The van der Waals surface area contributed by atoms with Gasteiger partial charge in [-0.2, -0.15) is 0 Å². The van der Waals surface area contributed by atoms with Crippen molar-refractivity contribution in [2.24, 2.45) is 0 Å². The Bertz CT molecular complexity index is 620. The van der Waals surface area contributed by atoms with Gasteiger partial charge in [0.05, 0.1) is 11.8 Å². The Morgan fingerprint density at radius 3 is 2.00 bits per heavy atom. The van der Waals surface area contributed by atoms with Gasteiger partial charge in [-0.1, -0.05) is 60.7 Å². The zero-order valence-electron chi connectivity index (χ0n) is 12.6. The molecule has 1 aliphatic rings. The molecule has 23 heavy (non-hydrogen) atoms. The van der Waals surface area contributed by atoms with Crippen LogP contribution in [-0.4, -0.2) is 35.7 Å². The Morgan fingerprint density at radius 2 is 1.52 bits per heavy atom. The molecule has 1 fully saturated rings. The summed E-state index contributed by atoms with van der Waals surface area (Å²) < 4.78 is 0. The predicted octanol–water partition coefficient (Wildman–Crippen LogP) is 3.06. The van der Waals surface area contributed by atoms with Crippen molar-refractivity contribution >= 4 is 23.7 Å². The first-order chi connectivity index (χ1) is 11.3. The van der Waals surface area contributed by atoms with E-state index < -0.39 is 0 Å². The molecular formula is C18H18N2O2S. The summed E-state index contributed by atoms with van der Waals surface area (Å²) in [4.78, 5) is 24.5. The monoisotopic (exact) mass is 326 g/mol. The van der Waals surface area contributed by atoms with Gasteiger partial charge in [-0.05, 0) is 11.1 Å². The number of nitrogens with one attached hydrogen (secondary N) is 1. The van der Waals surface area contributed by atoms with Crippen LogP contribution in [-0.2, 0) is 4.79 Å². The van der Waals surface area contributed by atoms with Crippen LogP contribution < -0.4 is 5.32 Å². The quantitative estimate of drug-likeness (QED) is 0.830. The van der Waals surface area contributed by atoms with Crippen LogP contribution in [0.4, 0.5) is 4.79 Å². The zero-order chi connectivity index (χ0) is 16.1. The van der Waals surface area contributed by atoms with Crippen molar-refractivity contribution in [1.82, 2.24) is 10.2 Å². The maximum absolute atomic E-state index is 11.6. The van der Waals surface area contributed by atoms with E-state index in [2.05, 4.69) is 29.6 Å². The largest absolute Gasteiger partial charge is 0.329 e. The van der Waals surface area contributed by atoms with Crippen molar-refractivity contribution in [3.05, 3.63) is 71.8 Å². The fourth-order valence-electron chi connectivity index (χ4n) is 2.58. The average Bonchev–Trinajstić information content (AvgIpc) is 2.92. The second kappa shape index (κ2) is 7.33. The highest BCUT2D eigenvalue weighted by Gasteiger charge is 2.28. The lowest BCUT2D eigenvalue weighted by Gasteiger charge is -2.19. The molecule has 0 unspecified atom stereocenters. The number of rotatable bonds is 6. The summed E-state index contributed by atoms with van der Waals surface area (Å²) in [6, 6.07) is 20.3. The molecule has 0 bridgehead atoms. The summed E-state index contributed by atoms with van der Waals surface area (Å²) in [5, 5.41) is 2.74. The molecule has 1 N–H and O–H groups in total. The maximum Gasteiger partial charge on any atom is 0.324 e. The van der Waals surface area contributed by atoms with Crippen LogP contribution in [0.3, 0.4) is 0 Å². The molecule has 0 aromatic heterocycles. The first kappa shape index (κ1) is 15.6. The standard InChI is InChI=1S/C18H18N2O2S/c21-16-13-19-18(22)20(16)11-12-23-17(14-7-3-1-4-8-14)15-9-5-2-6-10-15/h1-10,17H,11-13H2,(H,19,22). The molecule has 2 aromatic rings. The smallest absolute Gasteiger partial charge is 0.324 e. The molecule has 1 aliphatic heterocycles. The Morgan fingerprint density at radius 1 is 0.957 bits per heavy atom. The first-order valence-electron chi connectivity index (χ1n) is 7.55. The third kappa shape index (κ3) is 3.74. The number of carbonyl (C=O) groups excluding carboxylic acids is 2. The van der Waals surface area contributed by atoms with Gasteiger partial charge in [0, 0.05) is 12.3 Å². The molecule has 3 rings (SSSR count). The lowest BCUT2D eigenvalue weighted by Crippen LogP contribution is -2.33. The minimum Gasteiger partial charge on any atom is -0.329 e. The number of carbonyl (C=O) groups is 2. The lowest BCUT2D eigenvalue weighted by molar-refractivity contribution is -0.124. The van der Waals surface area contributed by atoms with Gasteiger partial charge in [-0.3, -0.25) is 9.69 Å². The number of thioether (sulfide) groups is 1. The lowest BCUT2D eigenvalue weighted by atomic mass is 10.0. The van der Waals surface area contributed by atoms with Crippen molar-refractivity contribution in [3.8, 4) is 0 Å². The van der Waals surface area contributed by atoms with E-state index in [4.69, 9.17) is 0 Å². The number of hydrogen-bond donors (Lipinski definition) is 1. The zero-order valence-corrected chi connectivity index (χ0v) is 13.5. The minimum atomic E-state index is -0.286. The number of nitrogens with zero attached hydrogens (tertiary/aromatic N) is 1. The van der Waals surface area contributed by atoms with Crippen LogP contribution in [0.25, 0.3) is 0 Å². The van der Waals surface area contributed by atoms with Gasteiger partial charge < -0.3 is 5.32 Å². The SMILES string of the molecule is O=C1CNC(=O)N1CCSC(c1ccccc1)c1ccccc1. The molecule has 0 saturated carbocycles. The van der Waals surface area contributed by atoms with E-state index in [9.17, 15) is 9.59 Å². The molecule has 0 atom stereocenters. The molecule has 4 nitrogen and oxygen atoms in total. The van der Waals surface area contributed by atoms with Gasteiger partial charge in [0.1, 0.15) is 0 Å². The Labute approximate surface area is 139 Å². The number of imide groups is 1. The van der Waals surface area contributed by atoms with E-state index in [1.165, 1.54) is 16.0 Å². The molecule has 2 aromatic carbocycles.